The first kappa shape index (κ1) is 15.5. The van der Waals surface area contributed by atoms with Crippen LogP contribution in [0.5, 0.6) is 0 Å². The molecule has 1 aromatic heterocycles. The second kappa shape index (κ2) is 5.84. The Labute approximate surface area is 137 Å². The zero-order valence-electron chi connectivity index (χ0n) is 9.64. The molecule has 0 aliphatic heterocycles. The standard InChI is InChI=1S/C10H7Br2ClN4O2S/c11-6-3-5(14)4-7(12)9(6)20(18,19)17-8-1-2-15-10(13)16-8/h1-4H,14H2,(H,15,16,17). The van der Waals surface area contributed by atoms with E-state index in [0.29, 0.717) is 14.6 Å². The van der Waals surface area contributed by atoms with E-state index in [2.05, 4.69) is 46.5 Å². The Morgan fingerprint density at radius 2 is 1.85 bits per heavy atom. The third kappa shape index (κ3) is 3.40. The molecule has 0 unspecified atom stereocenters. The van der Waals surface area contributed by atoms with Crippen LogP contribution in [0.25, 0.3) is 0 Å². The topological polar surface area (TPSA) is 98.0 Å². The number of hydrogen-bond acceptors (Lipinski definition) is 5. The third-order valence-corrected chi connectivity index (χ3v) is 5.57. The molecule has 6 nitrogen and oxygen atoms in total. The van der Waals surface area contributed by atoms with Crippen LogP contribution in [-0.4, -0.2) is 18.4 Å². The summed E-state index contributed by atoms with van der Waals surface area (Å²) in [6, 6.07) is 4.38. The minimum Gasteiger partial charge on any atom is -0.399 e. The monoisotopic (exact) mass is 440 g/mol. The molecule has 0 radical (unpaired) electrons. The van der Waals surface area contributed by atoms with E-state index in [4.69, 9.17) is 17.3 Å². The molecule has 0 saturated carbocycles. The number of nitrogens with two attached hydrogens (primary N) is 1. The fraction of sp³-hybridized carbons (Fsp3) is 0. The van der Waals surface area contributed by atoms with Crippen LogP contribution >= 0.6 is 43.5 Å². The lowest BCUT2D eigenvalue weighted by molar-refractivity contribution is 0.600. The van der Waals surface area contributed by atoms with E-state index in [1.54, 1.807) is 0 Å². The number of sulfonamides is 1. The van der Waals surface area contributed by atoms with Crippen molar-refractivity contribution in [1.29, 1.82) is 0 Å². The Balaban J connectivity index is 2.46. The number of nitrogen functional groups attached to an aromatic ring is 1. The van der Waals surface area contributed by atoms with Crippen molar-refractivity contribution < 1.29 is 8.42 Å². The summed E-state index contributed by atoms with van der Waals surface area (Å²) in [5, 5.41) is -0.0550. The zero-order chi connectivity index (χ0) is 14.9. The van der Waals surface area contributed by atoms with Gasteiger partial charge in [-0.25, -0.2) is 13.4 Å². The van der Waals surface area contributed by atoms with Gasteiger partial charge in [-0.2, -0.15) is 4.98 Å². The molecule has 0 spiro atoms. The summed E-state index contributed by atoms with van der Waals surface area (Å²) < 4.78 is 27.7. The quantitative estimate of drug-likeness (QED) is 0.563. The summed E-state index contributed by atoms with van der Waals surface area (Å²) in [6.45, 7) is 0. The highest BCUT2D eigenvalue weighted by Gasteiger charge is 2.22. The highest BCUT2D eigenvalue weighted by Crippen LogP contribution is 2.33. The predicted molar refractivity (Wildman–Crippen MR) is 84.1 cm³/mol. The Morgan fingerprint density at radius 1 is 1.25 bits per heavy atom. The van der Waals surface area contributed by atoms with Crippen LogP contribution in [0.3, 0.4) is 0 Å². The summed E-state index contributed by atoms with van der Waals surface area (Å²) in [6.07, 6.45) is 1.35. The maximum absolute atomic E-state index is 12.4. The van der Waals surface area contributed by atoms with Gasteiger partial charge in [0.1, 0.15) is 10.7 Å². The zero-order valence-corrected chi connectivity index (χ0v) is 14.4. The van der Waals surface area contributed by atoms with Crippen LogP contribution in [0.15, 0.2) is 38.2 Å². The summed E-state index contributed by atoms with van der Waals surface area (Å²) in [4.78, 5) is 7.46. The van der Waals surface area contributed by atoms with Gasteiger partial charge in [0.15, 0.2) is 0 Å². The van der Waals surface area contributed by atoms with Crippen molar-refractivity contribution >= 4 is 65.0 Å². The van der Waals surface area contributed by atoms with Crippen LogP contribution in [0.2, 0.25) is 5.28 Å². The molecule has 106 valence electrons. The summed E-state index contributed by atoms with van der Waals surface area (Å²) in [5.74, 6) is 0.0700. The number of aromatic nitrogens is 2. The summed E-state index contributed by atoms with van der Waals surface area (Å²) in [5.41, 5.74) is 6.05. The maximum Gasteiger partial charge on any atom is 0.265 e. The van der Waals surface area contributed by atoms with Crippen molar-refractivity contribution in [1.82, 2.24) is 9.97 Å². The van der Waals surface area contributed by atoms with Gasteiger partial charge in [-0.05, 0) is 61.7 Å². The predicted octanol–water partition coefficient (Wildman–Crippen LogP) is 3.04. The van der Waals surface area contributed by atoms with Gasteiger partial charge >= 0.3 is 0 Å². The number of halogens is 3. The molecule has 0 aliphatic rings. The SMILES string of the molecule is Nc1cc(Br)c(S(=O)(=O)Nc2ccnc(Cl)n2)c(Br)c1. The largest absolute Gasteiger partial charge is 0.399 e. The van der Waals surface area contributed by atoms with Crippen LogP contribution in [0, 0.1) is 0 Å². The second-order valence-electron chi connectivity index (χ2n) is 3.63. The molecule has 0 fully saturated rings. The molecule has 0 atom stereocenters. The highest BCUT2D eigenvalue weighted by atomic mass is 79.9. The van der Waals surface area contributed by atoms with Crippen molar-refractivity contribution in [3.05, 3.63) is 38.6 Å². The van der Waals surface area contributed by atoms with E-state index < -0.39 is 10.0 Å². The first-order chi connectivity index (χ1) is 9.29. The van der Waals surface area contributed by atoms with Gasteiger partial charge in [0.25, 0.3) is 10.0 Å². The lowest BCUT2D eigenvalue weighted by atomic mass is 10.3. The number of nitrogens with one attached hydrogen (secondary N) is 1. The third-order valence-electron chi connectivity index (χ3n) is 2.15. The second-order valence-corrected chi connectivity index (χ2v) is 7.30. The van der Waals surface area contributed by atoms with Crippen molar-refractivity contribution in [3.8, 4) is 0 Å². The van der Waals surface area contributed by atoms with Crippen molar-refractivity contribution in [2.75, 3.05) is 10.5 Å². The van der Waals surface area contributed by atoms with Gasteiger partial charge < -0.3 is 5.73 Å². The Bertz CT molecular complexity index is 747. The van der Waals surface area contributed by atoms with Gasteiger partial charge in [0.2, 0.25) is 5.28 Å². The van der Waals surface area contributed by atoms with Crippen molar-refractivity contribution in [2.24, 2.45) is 0 Å². The van der Waals surface area contributed by atoms with E-state index in [0.717, 1.165) is 0 Å². The Hall–Kier alpha value is -0.900. The smallest absolute Gasteiger partial charge is 0.265 e. The van der Waals surface area contributed by atoms with Gasteiger partial charge in [-0.15, -0.1) is 0 Å². The first-order valence-corrected chi connectivity index (χ1v) is 8.50. The fourth-order valence-electron chi connectivity index (χ4n) is 1.42. The summed E-state index contributed by atoms with van der Waals surface area (Å²) in [7, 11) is -3.86. The van der Waals surface area contributed by atoms with Crippen LogP contribution in [-0.2, 0) is 10.0 Å². The van der Waals surface area contributed by atoms with E-state index in [9.17, 15) is 8.42 Å². The lowest BCUT2D eigenvalue weighted by Gasteiger charge is -2.11. The van der Waals surface area contributed by atoms with E-state index in [1.165, 1.54) is 24.4 Å². The Morgan fingerprint density at radius 3 is 2.40 bits per heavy atom. The molecule has 10 heteroatoms. The highest BCUT2D eigenvalue weighted by molar-refractivity contribution is 9.11. The normalized spacial score (nSPS) is 11.3. The van der Waals surface area contributed by atoms with Gasteiger partial charge in [-0.1, -0.05) is 0 Å². The Kier molecular flexibility index (Phi) is 4.52. The molecule has 0 amide bonds. The lowest BCUT2D eigenvalue weighted by Crippen LogP contribution is -2.15. The maximum atomic E-state index is 12.4. The van der Waals surface area contributed by atoms with Crippen LogP contribution in [0.1, 0.15) is 0 Å². The number of benzene rings is 1. The molecule has 0 saturated heterocycles. The van der Waals surface area contributed by atoms with Gasteiger partial charge in [-0.3, -0.25) is 4.72 Å². The number of rotatable bonds is 3. The fourth-order valence-corrected chi connectivity index (χ4v) is 5.19. The van der Waals surface area contributed by atoms with Gasteiger partial charge in [0, 0.05) is 20.8 Å². The van der Waals surface area contributed by atoms with E-state index in [1.807, 2.05) is 0 Å². The molecule has 0 bridgehead atoms. The minimum atomic E-state index is -3.86. The van der Waals surface area contributed by atoms with Crippen LogP contribution < -0.4 is 10.5 Å². The minimum absolute atomic E-state index is 0.0152. The van der Waals surface area contributed by atoms with Gasteiger partial charge in [0.05, 0.1) is 0 Å². The number of anilines is 2. The molecule has 20 heavy (non-hydrogen) atoms. The molecule has 2 rings (SSSR count). The van der Waals surface area contributed by atoms with Crippen molar-refractivity contribution in [3.63, 3.8) is 0 Å². The molecule has 1 heterocycles. The van der Waals surface area contributed by atoms with Crippen molar-refractivity contribution in [2.45, 2.75) is 4.90 Å². The van der Waals surface area contributed by atoms with Crippen LogP contribution in [0.4, 0.5) is 11.5 Å². The number of hydrogen-bond donors (Lipinski definition) is 2. The average molecular weight is 443 g/mol. The average Bonchev–Trinajstić information content (AvgIpc) is 2.25. The summed E-state index contributed by atoms with van der Waals surface area (Å²) >= 11 is 12.0. The van der Waals surface area contributed by atoms with E-state index in [-0.39, 0.29) is 16.0 Å². The molecule has 2 aromatic rings. The molecule has 3 N–H and O–H groups in total. The van der Waals surface area contributed by atoms with E-state index >= 15 is 0 Å². The molecule has 0 aliphatic carbocycles. The first-order valence-electron chi connectivity index (χ1n) is 5.05. The molecule has 1 aromatic carbocycles. The number of nitrogens with zero attached hydrogens (tertiary/aromatic N) is 2. The molecular formula is C10H7Br2ClN4O2S. The molecular weight excluding hydrogens is 435 g/mol.